The summed E-state index contributed by atoms with van der Waals surface area (Å²) < 4.78 is 4.09. The molecule has 0 fully saturated rings. The van der Waals surface area contributed by atoms with Crippen molar-refractivity contribution in [3.05, 3.63) is 0 Å². The molecule has 0 atom stereocenters. The maximum Gasteiger partial charge on any atom is 1.00 e. The zero-order valence-corrected chi connectivity index (χ0v) is 12.1. The fraction of sp³-hybridized carbons (Fsp3) is 0.800. The van der Waals surface area contributed by atoms with Crippen molar-refractivity contribution < 1.29 is 83.5 Å². The molecule has 48 valence electrons. The van der Waals surface area contributed by atoms with Crippen LogP contribution in [0.5, 0.6) is 0 Å². The van der Waals surface area contributed by atoms with Gasteiger partial charge in [-0.15, -0.1) is 0 Å². The van der Waals surface area contributed by atoms with Crippen molar-refractivity contribution in [2.45, 2.75) is 19.8 Å². The van der Waals surface area contributed by atoms with Gasteiger partial charge in [-0.25, -0.2) is 0 Å². The Bertz CT molecular complexity index is 74.6. The molecule has 0 saturated carbocycles. The number of ether oxygens (including phenoxy) is 1. The van der Waals surface area contributed by atoms with Gasteiger partial charge in [0.25, 0.3) is 6.16 Å². The SMILES string of the molecule is CCCCOC(=O)[O-].[Cs+]. The van der Waals surface area contributed by atoms with E-state index >= 15 is 0 Å². The zero-order chi connectivity index (χ0) is 6.41. The number of hydrogen-bond acceptors (Lipinski definition) is 3. The average Bonchev–Trinajstić information content (AvgIpc) is 1.66. The van der Waals surface area contributed by atoms with Crippen LogP contribution in [0.25, 0.3) is 0 Å². The van der Waals surface area contributed by atoms with E-state index in [0.717, 1.165) is 12.8 Å². The first-order chi connectivity index (χ1) is 3.77. The largest absolute Gasteiger partial charge is 1.00 e. The predicted molar refractivity (Wildman–Crippen MR) is 26.3 cm³/mol. The molecular weight excluding hydrogens is 241 g/mol. The normalized spacial score (nSPS) is 7.67. The molecule has 0 aromatic heterocycles. The van der Waals surface area contributed by atoms with Crippen LogP contribution in [-0.4, -0.2) is 12.8 Å². The molecule has 0 spiro atoms. The van der Waals surface area contributed by atoms with Crippen LogP contribution in [0.1, 0.15) is 19.8 Å². The van der Waals surface area contributed by atoms with E-state index in [-0.39, 0.29) is 75.5 Å². The summed E-state index contributed by atoms with van der Waals surface area (Å²) in [6.07, 6.45) is 0.278. The molecule has 0 heterocycles. The minimum Gasteiger partial charge on any atom is -0.550 e. The number of unbranched alkanes of at least 4 members (excludes halogenated alkanes) is 1. The number of carboxylic acid groups (broad SMARTS) is 1. The fourth-order valence-electron chi connectivity index (χ4n) is 0.300. The summed E-state index contributed by atoms with van der Waals surface area (Å²) in [5.41, 5.74) is 0. The summed E-state index contributed by atoms with van der Waals surface area (Å²) in [6, 6.07) is 0. The van der Waals surface area contributed by atoms with Gasteiger partial charge in [0.2, 0.25) is 0 Å². The van der Waals surface area contributed by atoms with Crippen molar-refractivity contribution in [1.29, 1.82) is 0 Å². The van der Waals surface area contributed by atoms with Crippen molar-refractivity contribution >= 4 is 6.16 Å². The zero-order valence-electron chi connectivity index (χ0n) is 5.85. The van der Waals surface area contributed by atoms with Gasteiger partial charge in [0, 0.05) is 6.61 Å². The maximum atomic E-state index is 9.54. The number of hydrogen-bond donors (Lipinski definition) is 0. The van der Waals surface area contributed by atoms with Gasteiger partial charge in [0.05, 0.1) is 0 Å². The van der Waals surface area contributed by atoms with Gasteiger partial charge in [-0.3, -0.25) is 0 Å². The number of carbonyl (C=O) groups is 1. The Labute approximate surface area is 114 Å². The van der Waals surface area contributed by atoms with Crippen LogP contribution in [0.2, 0.25) is 0 Å². The molecular formula is C5H9CsO3. The molecule has 0 aliphatic heterocycles. The second kappa shape index (κ2) is 9.32. The van der Waals surface area contributed by atoms with Gasteiger partial charge in [-0.1, -0.05) is 13.3 Å². The first-order valence-corrected chi connectivity index (χ1v) is 2.61. The molecule has 0 aliphatic rings. The minimum absolute atomic E-state index is 0. The summed E-state index contributed by atoms with van der Waals surface area (Å²) in [5.74, 6) is 0. The molecule has 0 aromatic rings. The van der Waals surface area contributed by atoms with Crippen molar-refractivity contribution in [3.8, 4) is 0 Å². The van der Waals surface area contributed by atoms with Crippen LogP contribution >= 0.6 is 0 Å². The molecule has 0 aromatic carbocycles. The standard InChI is InChI=1S/C5H10O3.Cs/c1-2-3-4-8-5(6)7;/h2-4H2,1H3,(H,6,7);/q;+1/p-1. The third kappa shape index (κ3) is 12.5. The molecule has 0 aliphatic carbocycles. The molecule has 0 N–H and O–H groups in total. The third-order valence-electron chi connectivity index (χ3n) is 0.718. The molecule has 0 saturated heterocycles. The Balaban J connectivity index is 0. The van der Waals surface area contributed by atoms with Crippen LogP contribution in [0.3, 0.4) is 0 Å². The molecule has 0 rings (SSSR count). The molecule has 9 heavy (non-hydrogen) atoms. The Kier molecular flexibility index (Phi) is 13.4. The van der Waals surface area contributed by atoms with E-state index in [1.54, 1.807) is 0 Å². The predicted octanol–water partition coefficient (Wildman–Crippen LogP) is -2.85. The van der Waals surface area contributed by atoms with Crippen molar-refractivity contribution in [2.75, 3.05) is 6.61 Å². The van der Waals surface area contributed by atoms with Crippen molar-refractivity contribution in [1.82, 2.24) is 0 Å². The molecule has 4 heteroatoms. The van der Waals surface area contributed by atoms with Gasteiger partial charge < -0.3 is 14.6 Å². The quantitative estimate of drug-likeness (QED) is 0.400. The van der Waals surface area contributed by atoms with E-state index in [4.69, 9.17) is 0 Å². The van der Waals surface area contributed by atoms with Gasteiger partial charge >= 0.3 is 68.9 Å². The minimum atomic E-state index is -1.43. The summed E-state index contributed by atoms with van der Waals surface area (Å²) in [6.45, 7) is 2.22. The molecule has 0 amide bonds. The maximum absolute atomic E-state index is 9.54. The summed E-state index contributed by atoms with van der Waals surface area (Å²) >= 11 is 0. The van der Waals surface area contributed by atoms with Crippen LogP contribution in [-0.2, 0) is 4.74 Å². The first-order valence-electron chi connectivity index (χ1n) is 2.61. The Hall–Kier alpha value is 1.32. The van der Waals surface area contributed by atoms with Crippen molar-refractivity contribution in [2.24, 2.45) is 0 Å². The van der Waals surface area contributed by atoms with E-state index in [2.05, 4.69) is 4.74 Å². The second-order valence-corrected chi connectivity index (χ2v) is 1.45. The van der Waals surface area contributed by atoms with Crippen LogP contribution in [0.4, 0.5) is 4.79 Å². The van der Waals surface area contributed by atoms with Gasteiger partial charge in [0.1, 0.15) is 0 Å². The number of carbonyl (C=O) groups excluding carboxylic acids is 1. The third-order valence-corrected chi connectivity index (χ3v) is 0.718. The van der Waals surface area contributed by atoms with Crippen molar-refractivity contribution in [3.63, 3.8) is 0 Å². The Morgan fingerprint density at radius 3 is 2.56 bits per heavy atom. The topological polar surface area (TPSA) is 49.4 Å². The van der Waals surface area contributed by atoms with E-state index in [1.165, 1.54) is 0 Å². The van der Waals surface area contributed by atoms with E-state index in [0.29, 0.717) is 0 Å². The Morgan fingerprint density at radius 2 is 2.22 bits per heavy atom. The van der Waals surface area contributed by atoms with Gasteiger partial charge in [-0.05, 0) is 6.42 Å². The number of rotatable bonds is 3. The fourth-order valence-corrected chi connectivity index (χ4v) is 0.300. The summed E-state index contributed by atoms with van der Waals surface area (Å²) in [7, 11) is 0. The Morgan fingerprint density at radius 1 is 1.67 bits per heavy atom. The van der Waals surface area contributed by atoms with E-state index in [9.17, 15) is 9.90 Å². The monoisotopic (exact) mass is 250 g/mol. The second-order valence-electron chi connectivity index (χ2n) is 1.45. The smallest absolute Gasteiger partial charge is 0.550 e. The first kappa shape index (κ1) is 13.0. The molecule has 0 bridgehead atoms. The van der Waals surface area contributed by atoms with Gasteiger partial charge in [-0.2, -0.15) is 0 Å². The molecule has 3 nitrogen and oxygen atoms in total. The molecule has 0 unspecified atom stereocenters. The van der Waals surface area contributed by atoms with E-state index < -0.39 is 6.16 Å². The summed E-state index contributed by atoms with van der Waals surface area (Å²) in [5, 5.41) is 9.54. The van der Waals surface area contributed by atoms with Crippen LogP contribution < -0.4 is 74.0 Å². The molecule has 0 radical (unpaired) electrons. The van der Waals surface area contributed by atoms with E-state index in [1.807, 2.05) is 6.92 Å². The van der Waals surface area contributed by atoms with Crippen LogP contribution in [0, 0.1) is 0 Å². The van der Waals surface area contributed by atoms with Gasteiger partial charge in [0.15, 0.2) is 0 Å². The average molecular weight is 250 g/mol. The summed E-state index contributed by atoms with van der Waals surface area (Å²) in [4.78, 5) is 9.54. The van der Waals surface area contributed by atoms with Crippen LogP contribution in [0.15, 0.2) is 0 Å².